The van der Waals surface area contributed by atoms with Gasteiger partial charge in [-0.05, 0) is 42.7 Å². The smallest absolute Gasteiger partial charge is 0.303 e. The first-order valence-corrected chi connectivity index (χ1v) is 11.5. The van der Waals surface area contributed by atoms with Gasteiger partial charge in [0.1, 0.15) is 16.7 Å². The van der Waals surface area contributed by atoms with Gasteiger partial charge in [-0.15, -0.1) is 0 Å². The summed E-state index contributed by atoms with van der Waals surface area (Å²) in [7, 11) is 0. The summed E-state index contributed by atoms with van der Waals surface area (Å²) in [5, 5.41) is 9.35. The van der Waals surface area contributed by atoms with Gasteiger partial charge in [-0.1, -0.05) is 72.3 Å². The van der Waals surface area contributed by atoms with Crippen molar-refractivity contribution >= 4 is 57.9 Å². The molecule has 0 atom stereocenters. The van der Waals surface area contributed by atoms with Crippen molar-refractivity contribution in [2.24, 2.45) is 0 Å². The third-order valence-corrected chi connectivity index (χ3v) is 6.42. The van der Waals surface area contributed by atoms with Crippen LogP contribution in [0.3, 0.4) is 0 Å². The Balaban J connectivity index is 1.54. The highest BCUT2D eigenvalue weighted by Gasteiger charge is 2.31. The van der Waals surface area contributed by atoms with Gasteiger partial charge in [0.2, 0.25) is 0 Å². The van der Waals surface area contributed by atoms with Crippen molar-refractivity contribution in [3.05, 3.63) is 69.6 Å². The van der Waals surface area contributed by atoms with Crippen LogP contribution in [0.5, 0.6) is 5.75 Å². The molecule has 3 rings (SSSR count). The molecule has 0 spiro atoms. The summed E-state index contributed by atoms with van der Waals surface area (Å²) < 4.78 is 6.33. The number of hydrogen-bond acceptors (Lipinski definition) is 5. The molecule has 162 valence electrons. The van der Waals surface area contributed by atoms with Crippen LogP contribution in [0.25, 0.3) is 6.08 Å². The number of carboxylic acid groups (broad SMARTS) is 1. The van der Waals surface area contributed by atoms with E-state index in [2.05, 4.69) is 0 Å². The fraction of sp³-hybridized carbons (Fsp3) is 0.261. The highest BCUT2D eigenvalue weighted by Crippen LogP contribution is 2.33. The van der Waals surface area contributed by atoms with Crippen LogP contribution in [-0.2, 0) is 16.2 Å². The van der Waals surface area contributed by atoms with Gasteiger partial charge >= 0.3 is 5.97 Å². The van der Waals surface area contributed by atoms with Crippen molar-refractivity contribution in [2.75, 3.05) is 6.54 Å². The van der Waals surface area contributed by atoms with Gasteiger partial charge in [-0.3, -0.25) is 14.5 Å². The Hall–Kier alpha value is -2.35. The molecule has 0 radical (unpaired) electrons. The first kappa shape index (κ1) is 23.3. The predicted molar refractivity (Wildman–Crippen MR) is 128 cm³/mol. The lowest BCUT2D eigenvalue weighted by atomic mass is 10.2. The van der Waals surface area contributed by atoms with Crippen molar-refractivity contribution < 1.29 is 19.4 Å². The standard InChI is InChI=1S/C23H22ClNO4S2/c24-19-7-4-3-6-17(19)15-29-18-11-9-16(10-12-18)14-20-22(28)25(23(30)31-20)13-5-1-2-8-21(26)27/h3-4,6-7,9-12,14H,1-2,5,8,13,15H2,(H,26,27)/b20-14-. The first-order chi connectivity index (χ1) is 14.9. The van der Waals surface area contributed by atoms with Crippen LogP contribution in [0.4, 0.5) is 0 Å². The normalized spacial score (nSPS) is 15.0. The van der Waals surface area contributed by atoms with Crippen molar-refractivity contribution in [3.63, 3.8) is 0 Å². The molecule has 2 aromatic rings. The molecule has 1 amide bonds. The monoisotopic (exact) mass is 475 g/mol. The number of ether oxygens (including phenoxy) is 1. The summed E-state index contributed by atoms with van der Waals surface area (Å²) in [5.74, 6) is -0.188. The largest absolute Gasteiger partial charge is 0.489 e. The average molecular weight is 476 g/mol. The third kappa shape index (κ3) is 6.82. The summed E-state index contributed by atoms with van der Waals surface area (Å²) in [5.41, 5.74) is 1.80. The second kappa shape index (κ2) is 11.3. The Morgan fingerprint density at radius 1 is 1.13 bits per heavy atom. The van der Waals surface area contributed by atoms with E-state index >= 15 is 0 Å². The molecule has 0 aromatic heterocycles. The number of nitrogens with zero attached hydrogens (tertiary/aromatic N) is 1. The fourth-order valence-electron chi connectivity index (χ4n) is 3.00. The van der Waals surface area contributed by atoms with E-state index in [-0.39, 0.29) is 12.3 Å². The molecule has 1 fully saturated rings. The van der Waals surface area contributed by atoms with Crippen molar-refractivity contribution in [1.29, 1.82) is 0 Å². The Morgan fingerprint density at radius 2 is 1.87 bits per heavy atom. The van der Waals surface area contributed by atoms with E-state index in [1.807, 2.05) is 54.6 Å². The molecule has 2 aromatic carbocycles. The number of unbranched alkanes of at least 4 members (excludes halogenated alkanes) is 2. The van der Waals surface area contributed by atoms with Gasteiger partial charge in [0, 0.05) is 23.6 Å². The number of aliphatic carboxylic acids is 1. The van der Waals surface area contributed by atoms with Gasteiger partial charge < -0.3 is 9.84 Å². The van der Waals surface area contributed by atoms with Crippen LogP contribution >= 0.6 is 35.6 Å². The van der Waals surface area contributed by atoms with Crippen LogP contribution in [-0.4, -0.2) is 32.7 Å². The van der Waals surface area contributed by atoms with E-state index in [1.165, 1.54) is 11.8 Å². The topological polar surface area (TPSA) is 66.8 Å². The molecule has 1 saturated heterocycles. The number of thiocarbonyl (C=S) groups is 1. The van der Waals surface area contributed by atoms with Gasteiger partial charge in [0.15, 0.2) is 0 Å². The van der Waals surface area contributed by atoms with Crippen LogP contribution in [0.2, 0.25) is 5.02 Å². The van der Waals surface area contributed by atoms with Crippen molar-refractivity contribution in [2.45, 2.75) is 32.3 Å². The summed E-state index contributed by atoms with van der Waals surface area (Å²) in [6, 6.07) is 15.0. The summed E-state index contributed by atoms with van der Waals surface area (Å²) in [4.78, 5) is 25.4. The molecule has 1 aliphatic heterocycles. The molecular formula is C23H22ClNO4S2. The zero-order valence-electron chi connectivity index (χ0n) is 16.8. The summed E-state index contributed by atoms with van der Waals surface area (Å²) >= 11 is 12.8. The number of thioether (sulfide) groups is 1. The zero-order valence-corrected chi connectivity index (χ0v) is 19.1. The number of hydrogen-bond donors (Lipinski definition) is 1. The Morgan fingerprint density at radius 3 is 2.58 bits per heavy atom. The zero-order chi connectivity index (χ0) is 22.2. The van der Waals surface area contributed by atoms with Crippen LogP contribution in [0.1, 0.15) is 36.8 Å². The number of carbonyl (C=O) groups excluding carboxylic acids is 1. The number of carbonyl (C=O) groups is 2. The molecule has 0 saturated carbocycles. The van der Waals surface area contributed by atoms with E-state index in [4.69, 9.17) is 33.7 Å². The number of rotatable bonds is 10. The molecule has 8 heteroatoms. The maximum atomic E-state index is 12.7. The van der Waals surface area contributed by atoms with Gasteiger partial charge in [0.25, 0.3) is 5.91 Å². The number of carboxylic acids is 1. The van der Waals surface area contributed by atoms with Crippen LogP contribution in [0, 0.1) is 0 Å². The Labute approximate surface area is 196 Å². The van der Waals surface area contributed by atoms with E-state index in [9.17, 15) is 9.59 Å². The van der Waals surface area contributed by atoms with E-state index < -0.39 is 5.97 Å². The highest BCUT2D eigenvalue weighted by molar-refractivity contribution is 8.26. The minimum absolute atomic E-state index is 0.104. The lowest BCUT2D eigenvalue weighted by molar-refractivity contribution is -0.137. The number of halogens is 1. The van der Waals surface area contributed by atoms with E-state index in [0.29, 0.717) is 39.6 Å². The third-order valence-electron chi connectivity index (χ3n) is 4.68. The maximum Gasteiger partial charge on any atom is 0.303 e. The van der Waals surface area contributed by atoms with Crippen LogP contribution < -0.4 is 4.74 Å². The average Bonchev–Trinajstić information content (AvgIpc) is 3.01. The molecule has 31 heavy (non-hydrogen) atoms. The van der Waals surface area contributed by atoms with E-state index in [0.717, 1.165) is 24.0 Å². The molecule has 0 aliphatic carbocycles. The van der Waals surface area contributed by atoms with Crippen molar-refractivity contribution in [3.8, 4) is 5.75 Å². The molecule has 5 nitrogen and oxygen atoms in total. The lowest BCUT2D eigenvalue weighted by Gasteiger charge is -2.13. The Bertz CT molecular complexity index is 991. The van der Waals surface area contributed by atoms with Crippen LogP contribution in [0.15, 0.2) is 53.4 Å². The second-order valence-electron chi connectivity index (χ2n) is 6.99. The molecule has 0 bridgehead atoms. The quantitative estimate of drug-likeness (QED) is 0.267. The second-order valence-corrected chi connectivity index (χ2v) is 9.07. The van der Waals surface area contributed by atoms with Gasteiger partial charge in [-0.2, -0.15) is 0 Å². The minimum atomic E-state index is -0.797. The molecule has 0 unspecified atom stereocenters. The predicted octanol–water partition coefficient (Wildman–Crippen LogP) is 5.77. The lowest BCUT2D eigenvalue weighted by Crippen LogP contribution is -2.29. The number of amides is 1. The van der Waals surface area contributed by atoms with Gasteiger partial charge in [0.05, 0.1) is 4.91 Å². The SMILES string of the molecule is O=C(O)CCCCCN1C(=O)/C(=C/c2ccc(OCc3ccccc3Cl)cc2)SC1=S. The van der Waals surface area contributed by atoms with Crippen molar-refractivity contribution in [1.82, 2.24) is 4.90 Å². The molecule has 1 N–H and O–H groups in total. The summed E-state index contributed by atoms with van der Waals surface area (Å²) in [6.45, 7) is 0.889. The van der Waals surface area contributed by atoms with E-state index in [1.54, 1.807) is 4.90 Å². The van der Waals surface area contributed by atoms with Gasteiger partial charge in [-0.25, -0.2) is 0 Å². The molecular weight excluding hydrogens is 454 g/mol. The Kier molecular flexibility index (Phi) is 8.51. The maximum absolute atomic E-state index is 12.7. The fourth-order valence-corrected chi connectivity index (χ4v) is 4.50. The first-order valence-electron chi connectivity index (χ1n) is 9.87. The number of benzene rings is 2. The molecule has 1 heterocycles. The summed E-state index contributed by atoms with van der Waals surface area (Å²) in [6.07, 6.45) is 4.05. The highest BCUT2D eigenvalue weighted by atomic mass is 35.5. The minimum Gasteiger partial charge on any atom is -0.489 e. The molecule has 1 aliphatic rings.